The second-order valence-corrected chi connectivity index (χ2v) is 7.53. The van der Waals surface area contributed by atoms with Gasteiger partial charge in [-0.1, -0.05) is 28.1 Å². The SMILES string of the molecule is Cc1ccc2cc(C#N)c(NCCCNC(=O)c3ccc(Br)cc3)nc2c1C. The summed E-state index contributed by atoms with van der Waals surface area (Å²) in [7, 11) is 0. The summed E-state index contributed by atoms with van der Waals surface area (Å²) in [5.41, 5.74) is 4.35. The van der Waals surface area contributed by atoms with E-state index in [0.717, 1.165) is 27.4 Å². The van der Waals surface area contributed by atoms with Gasteiger partial charge in [-0.15, -0.1) is 0 Å². The summed E-state index contributed by atoms with van der Waals surface area (Å²) in [4.78, 5) is 16.8. The number of benzene rings is 2. The minimum absolute atomic E-state index is 0.0971. The molecular formula is C22H21BrN4O. The van der Waals surface area contributed by atoms with Crippen molar-refractivity contribution >= 4 is 38.6 Å². The molecule has 5 nitrogen and oxygen atoms in total. The minimum atomic E-state index is -0.0971. The lowest BCUT2D eigenvalue weighted by atomic mass is 10.0. The van der Waals surface area contributed by atoms with E-state index in [2.05, 4.69) is 44.5 Å². The molecule has 0 unspecified atom stereocenters. The molecule has 0 radical (unpaired) electrons. The van der Waals surface area contributed by atoms with Gasteiger partial charge < -0.3 is 10.6 Å². The van der Waals surface area contributed by atoms with Gasteiger partial charge in [0.05, 0.1) is 11.1 Å². The van der Waals surface area contributed by atoms with Gasteiger partial charge in [-0.2, -0.15) is 5.26 Å². The monoisotopic (exact) mass is 436 g/mol. The lowest BCUT2D eigenvalue weighted by Gasteiger charge is -2.11. The van der Waals surface area contributed by atoms with Crippen LogP contribution >= 0.6 is 15.9 Å². The maximum absolute atomic E-state index is 12.1. The second kappa shape index (κ2) is 8.85. The molecule has 2 aromatic carbocycles. The summed E-state index contributed by atoms with van der Waals surface area (Å²) >= 11 is 3.36. The summed E-state index contributed by atoms with van der Waals surface area (Å²) in [6.45, 7) is 5.24. The molecule has 0 saturated carbocycles. The fourth-order valence-corrected chi connectivity index (χ4v) is 3.17. The molecule has 1 heterocycles. The molecule has 0 spiro atoms. The third-order valence-electron chi connectivity index (χ3n) is 4.67. The zero-order chi connectivity index (χ0) is 20.1. The van der Waals surface area contributed by atoms with E-state index in [-0.39, 0.29) is 5.91 Å². The number of carbonyl (C=O) groups excluding carboxylic acids is 1. The molecule has 0 aliphatic rings. The summed E-state index contributed by atoms with van der Waals surface area (Å²) < 4.78 is 0.940. The topological polar surface area (TPSA) is 77.8 Å². The maximum atomic E-state index is 12.1. The van der Waals surface area contributed by atoms with Crippen LogP contribution in [0.25, 0.3) is 10.9 Å². The van der Waals surface area contributed by atoms with Crippen molar-refractivity contribution in [1.82, 2.24) is 10.3 Å². The maximum Gasteiger partial charge on any atom is 0.251 e. The predicted molar refractivity (Wildman–Crippen MR) is 116 cm³/mol. The van der Waals surface area contributed by atoms with Gasteiger partial charge in [0.2, 0.25) is 0 Å². The van der Waals surface area contributed by atoms with Gasteiger partial charge in [-0.25, -0.2) is 4.98 Å². The number of anilines is 1. The Morgan fingerprint density at radius 1 is 1.14 bits per heavy atom. The van der Waals surface area contributed by atoms with Crippen LogP contribution in [-0.2, 0) is 0 Å². The molecule has 28 heavy (non-hydrogen) atoms. The number of hydrogen-bond donors (Lipinski definition) is 2. The summed E-state index contributed by atoms with van der Waals surface area (Å²) in [5.74, 6) is 0.489. The molecule has 142 valence electrons. The Kier molecular flexibility index (Phi) is 6.27. The molecule has 3 aromatic rings. The highest BCUT2D eigenvalue weighted by molar-refractivity contribution is 9.10. The molecule has 6 heteroatoms. The Bertz CT molecular complexity index is 1050. The van der Waals surface area contributed by atoms with E-state index >= 15 is 0 Å². The number of fused-ring (bicyclic) bond motifs is 1. The van der Waals surface area contributed by atoms with E-state index < -0.39 is 0 Å². The third kappa shape index (κ3) is 4.49. The smallest absolute Gasteiger partial charge is 0.251 e. The average Bonchev–Trinajstić information content (AvgIpc) is 2.70. The Balaban J connectivity index is 1.59. The van der Waals surface area contributed by atoms with E-state index in [1.165, 1.54) is 5.56 Å². The zero-order valence-corrected chi connectivity index (χ0v) is 17.4. The fraction of sp³-hybridized carbons (Fsp3) is 0.227. The molecule has 0 aliphatic heterocycles. The summed E-state index contributed by atoms with van der Waals surface area (Å²) in [6, 6.07) is 15.4. The molecule has 1 aromatic heterocycles. The third-order valence-corrected chi connectivity index (χ3v) is 5.20. The molecule has 1 amide bonds. The van der Waals surface area contributed by atoms with E-state index in [0.29, 0.717) is 30.0 Å². The number of amides is 1. The van der Waals surface area contributed by atoms with Crippen molar-refractivity contribution in [3.63, 3.8) is 0 Å². The molecule has 0 atom stereocenters. The summed E-state index contributed by atoms with van der Waals surface area (Å²) in [6.07, 6.45) is 0.722. The first-order valence-electron chi connectivity index (χ1n) is 9.08. The average molecular weight is 437 g/mol. The van der Waals surface area contributed by atoms with Crippen LogP contribution in [0.3, 0.4) is 0 Å². The van der Waals surface area contributed by atoms with Crippen LogP contribution in [0, 0.1) is 25.2 Å². The van der Waals surface area contributed by atoms with E-state index in [1.807, 2.05) is 37.3 Å². The standard InChI is InChI=1S/C22H21BrN4O/c1-14-4-5-17-12-18(13-24)21(27-20(17)15(14)2)25-10-3-11-26-22(28)16-6-8-19(23)9-7-16/h4-9,12H,3,10-11H2,1-2H3,(H,25,27)(H,26,28). The first-order valence-corrected chi connectivity index (χ1v) is 9.87. The number of hydrogen-bond acceptors (Lipinski definition) is 4. The van der Waals surface area contributed by atoms with E-state index in [1.54, 1.807) is 12.1 Å². The Morgan fingerprint density at radius 2 is 1.89 bits per heavy atom. The Morgan fingerprint density at radius 3 is 2.61 bits per heavy atom. The predicted octanol–water partition coefficient (Wildman–Crippen LogP) is 4.72. The van der Waals surface area contributed by atoms with Crippen molar-refractivity contribution in [2.75, 3.05) is 18.4 Å². The quantitative estimate of drug-likeness (QED) is 0.548. The van der Waals surface area contributed by atoms with Gasteiger partial charge in [0, 0.05) is 28.5 Å². The lowest BCUT2D eigenvalue weighted by molar-refractivity contribution is 0.0953. The van der Waals surface area contributed by atoms with E-state index in [4.69, 9.17) is 0 Å². The van der Waals surface area contributed by atoms with Crippen molar-refractivity contribution in [3.8, 4) is 6.07 Å². The van der Waals surface area contributed by atoms with Gasteiger partial charge >= 0.3 is 0 Å². The van der Waals surface area contributed by atoms with Gasteiger partial charge in [0.1, 0.15) is 11.9 Å². The van der Waals surface area contributed by atoms with Gasteiger partial charge in [-0.3, -0.25) is 4.79 Å². The van der Waals surface area contributed by atoms with Crippen LogP contribution in [0.1, 0.15) is 33.5 Å². The van der Waals surface area contributed by atoms with Crippen molar-refractivity contribution in [3.05, 3.63) is 69.2 Å². The molecule has 0 fully saturated rings. The van der Waals surface area contributed by atoms with Crippen LogP contribution in [0.2, 0.25) is 0 Å². The van der Waals surface area contributed by atoms with Crippen molar-refractivity contribution in [1.29, 1.82) is 5.26 Å². The molecule has 2 N–H and O–H groups in total. The number of nitrogens with zero attached hydrogens (tertiary/aromatic N) is 2. The Labute approximate surface area is 172 Å². The molecular weight excluding hydrogens is 416 g/mol. The number of rotatable bonds is 6. The largest absolute Gasteiger partial charge is 0.369 e. The number of halogens is 1. The normalized spacial score (nSPS) is 10.5. The first kappa shape index (κ1) is 19.8. The highest BCUT2D eigenvalue weighted by Gasteiger charge is 2.09. The number of carbonyl (C=O) groups is 1. The van der Waals surface area contributed by atoms with Crippen LogP contribution in [0.4, 0.5) is 5.82 Å². The lowest BCUT2D eigenvalue weighted by Crippen LogP contribution is -2.25. The first-order chi connectivity index (χ1) is 13.5. The van der Waals surface area contributed by atoms with E-state index in [9.17, 15) is 10.1 Å². The molecule has 3 rings (SSSR count). The number of nitriles is 1. The van der Waals surface area contributed by atoms with Gasteiger partial charge in [-0.05, 0) is 61.7 Å². The highest BCUT2D eigenvalue weighted by Crippen LogP contribution is 2.24. The number of pyridine rings is 1. The van der Waals surface area contributed by atoms with Crippen molar-refractivity contribution < 1.29 is 4.79 Å². The van der Waals surface area contributed by atoms with Crippen LogP contribution in [0.15, 0.2) is 46.9 Å². The van der Waals surface area contributed by atoms with Crippen molar-refractivity contribution in [2.45, 2.75) is 20.3 Å². The van der Waals surface area contributed by atoms with Crippen LogP contribution in [0.5, 0.6) is 0 Å². The zero-order valence-electron chi connectivity index (χ0n) is 15.8. The number of aryl methyl sites for hydroxylation is 2. The minimum Gasteiger partial charge on any atom is -0.369 e. The Hall–Kier alpha value is -2.91. The molecule has 0 aliphatic carbocycles. The van der Waals surface area contributed by atoms with Crippen LogP contribution < -0.4 is 10.6 Å². The number of aromatic nitrogens is 1. The fourth-order valence-electron chi connectivity index (χ4n) is 2.90. The highest BCUT2D eigenvalue weighted by atomic mass is 79.9. The van der Waals surface area contributed by atoms with Crippen molar-refractivity contribution in [2.24, 2.45) is 0 Å². The van der Waals surface area contributed by atoms with Gasteiger partial charge in [0.25, 0.3) is 5.91 Å². The van der Waals surface area contributed by atoms with Gasteiger partial charge in [0.15, 0.2) is 0 Å². The molecule has 0 bridgehead atoms. The second-order valence-electron chi connectivity index (χ2n) is 6.62. The van der Waals surface area contributed by atoms with Crippen LogP contribution in [-0.4, -0.2) is 24.0 Å². The molecule has 0 saturated heterocycles. The number of nitrogens with one attached hydrogen (secondary N) is 2. The summed E-state index contributed by atoms with van der Waals surface area (Å²) in [5, 5.41) is 16.5.